The van der Waals surface area contributed by atoms with E-state index in [1.54, 1.807) is 17.0 Å². The number of non-ortho nitro benzene ring substituents is 1. The van der Waals surface area contributed by atoms with E-state index in [4.69, 9.17) is 11.6 Å². The predicted octanol–water partition coefficient (Wildman–Crippen LogP) is 2.46. The molecule has 1 N–H and O–H groups in total. The molecule has 10 heteroatoms. The molecule has 2 aromatic carbocycles. The van der Waals surface area contributed by atoms with Gasteiger partial charge in [-0.25, -0.2) is 4.39 Å². The van der Waals surface area contributed by atoms with Crippen LogP contribution in [0.1, 0.15) is 15.9 Å². The van der Waals surface area contributed by atoms with Crippen molar-refractivity contribution in [3.63, 3.8) is 0 Å². The van der Waals surface area contributed by atoms with Gasteiger partial charge in [0.05, 0.1) is 11.5 Å². The Bertz CT molecular complexity index is 943. The molecule has 0 atom stereocenters. The Morgan fingerprint density at radius 3 is 2.50 bits per heavy atom. The first kappa shape index (κ1) is 21.7. The van der Waals surface area contributed by atoms with E-state index in [0.29, 0.717) is 43.3 Å². The number of hydrogen-bond acceptors (Lipinski definition) is 5. The van der Waals surface area contributed by atoms with Crippen molar-refractivity contribution in [2.24, 2.45) is 0 Å². The third kappa shape index (κ3) is 5.31. The summed E-state index contributed by atoms with van der Waals surface area (Å²) < 4.78 is 13.9. The maximum Gasteiger partial charge on any atom is 0.270 e. The van der Waals surface area contributed by atoms with Gasteiger partial charge in [0.25, 0.3) is 11.6 Å². The third-order valence-electron chi connectivity index (χ3n) is 4.89. The van der Waals surface area contributed by atoms with Crippen LogP contribution in [0.5, 0.6) is 0 Å². The number of nitrogens with zero attached hydrogens (tertiary/aromatic N) is 3. The van der Waals surface area contributed by atoms with E-state index in [-0.39, 0.29) is 29.5 Å². The first-order chi connectivity index (χ1) is 14.3. The highest BCUT2D eigenvalue weighted by Gasteiger charge is 2.23. The average molecular weight is 435 g/mol. The van der Waals surface area contributed by atoms with Gasteiger partial charge >= 0.3 is 0 Å². The quantitative estimate of drug-likeness (QED) is 0.556. The summed E-state index contributed by atoms with van der Waals surface area (Å²) in [5.41, 5.74) is 0.354. The Labute approximate surface area is 177 Å². The minimum absolute atomic E-state index is 0.114. The number of halogens is 2. The fourth-order valence-corrected chi connectivity index (χ4v) is 3.42. The van der Waals surface area contributed by atoms with E-state index in [2.05, 4.69) is 5.32 Å². The summed E-state index contributed by atoms with van der Waals surface area (Å²) in [7, 11) is 0. The van der Waals surface area contributed by atoms with Crippen LogP contribution in [0.4, 0.5) is 10.1 Å². The molecule has 30 heavy (non-hydrogen) atoms. The van der Waals surface area contributed by atoms with Gasteiger partial charge in [0.15, 0.2) is 0 Å². The van der Waals surface area contributed by atoms with Crippen molar-refractivity contribution in [1.82, 2.24) is 15.1 Å². The van der Waals surface area contributed by atoms with Crippen LogP contribution in [0.3, 0.4) is 0 Å². The average Bonchev–Trinajstić information content (AvgIpc) is 2.75. The molecule has 1 aliphatic rings. The summed E-state index contributed by atoms with van der Waals surface area (Å²) in [6, 6.07) is 9.87. The standard InChI is InChI=1S/C20H20ClFN4O4/c21-17-5-2-6-18(22)16(17)13-24-7-9-25(10-8-24)19(27)12-23-20(28)14-3-1-4-15(11-14)26(29)30/h1-6,11H,7-10,12-13H2,(H,23,28). The Balaban J connectivity index is 1.48. The fraction of sp³-hybridized carbons (Fsp3) is 0.300. The normalized spacial score (nSPS) is 14.4. The van der Waals surface area contributed by atoms with E-state index in [9.17, 15) is 24.1 Å². The Morgan fingerprint density at radius 1 is 1.13 bits per heavy atom. The summed E-state index contributed by atoms with van der Waals surface area (Å²) in [6.07, 6.45) is 0. The van der Waals surface area contributed by atoms with Crippen LogP contribution in [0.25, 0.3) is 0 Å². The second-order valence-electron chi connectivity index (χ2n) is 6.85. The summed E-state index contributed by atoms with van der Waals surface area (Å²) in [4.78, 5) is 38.4. The molecule has 1 heterocycles. The lowest BCUT2D eigenvalue weighted by atomic mass is 10.1. The Morgan fingerprint density at radius 2 is 1.83 bits per heavy atom. The number of piperazine rings is 1. The third-order valence-corrected chi connectivity index (χ3v) is 5.24. The molecule has 1 saturated heterocycles. The number of benzene rings is 2. The molecule has 0 aromatic heterocycles. The van der Waals surface area contributed by atoms with Crippen LogP contribution < -0.4 is 5.32 Å². The van der Waals surface area contributed by atoms with E-state index >= 15 is 0 Å². The number of nitrogens with one attached hydrogen (secondary N) is 1. The van der Waals surface area contributed by atoms with Gasteiger partial charge in [0.2, 0.25) is 5.91 Å². The number of nitro benzene ring substituents is 1. The van der Waals surface area contributed by atoms with Crippen LogP contribution >= 0.6 is 11.6 Å². The number of amides is 2. The monoisotopic (exact) mass is 434 g/mol. The lowest BCUT2D eigenvalue weighted by Gasteiger charge is -2.35. The van der Waals surface area contributed by atoms with Crippen LogP contribution in [0.2, 0.25) is 5.02 Å². The highest BCUT2D eigenvalue weighted by atomic mass is 35.5. The highest BCUT2D eigenvalue weighted by molar-refractivity contribution is 6.31. The van der Waals surface area contributed by atoms with Gasteiger partial charge < -0.3 is 10.2 Å². The first-order valence-corrected chi connectivity index (χ1v) is 9.68. The van der Waals surface area contributed by atoms with Gasteiger partial charge in [-0.2, -0.15) is 0 Å². The van der Waals surface area contributed by atoms with Crippen molar-refractivity contribution < 1.29 is 18.9 Å². The highest BCUT2D eigenvalue weighted by Crippen LogP contribution is 2.21. The lowest BCUT2D eigenvalue weighted by molar-refractivity contribution is -0.384. The van der Waals surface area contributed by atoms with Gasteiger partial charge in [-0.3, -0.25) is 24.6 Å². The largest absolute Gasteiger partial charge is 0.343 e. The molecule has 0 aliphatic carbocycles. The van der Waals surface area contributed by atoms with Crippen molar-refractivity contribution in [1.29, 1.82) is 0 Å². The minimum Gasteiger partial charge on any atom is -0.343 e. The second-order valence-corrected chi connectivity index (χ2v) is 7.25. The fourth-order valence-electron chi connectivity index (χ4n) is 3.19. The van der Waals surface area contributed by atoms with Crippen molar-refractivity contribution in [2.75, 3.05) is 32.7 Å². The molecular formula is C20H20ClFN4O4. The van der Waals surface area contributed by atoms with Crippen LogP contribution in [-0.4, -0.2) is 59.3 Å². The zero-order chi connectivity index (χ0) is 21.7. The van der Waals surface area contributed by atoms with Crippen molar-refractivity contribution in [2.45, 2.75) is 6.54 Å². The Kier molecular flexibility index (Phi) is 6.96. The SMILES string of the molecule is O=C(NCC(=O)N1CCN(Cc2c(F)cccc2Cl)CC1)c1cccc([N+](=O)[O-])c1. The number of nitro groups is 1. The molecule has 0 bridgehead atoms. The summed E-state index contributed by atoms with van der Waals surface area (Å²) in [5.74, 6) is -1.16. The molecule has 2 aromatic rings. The van der Waals surface area contributed by atoms with Crippen molar-refractivity contribution >= 4 is 29.1 Å². The molecule has 1 fully saturated rings. The van der Waals surface area contributed by atoms with Crippen molar-refractivity contribution in [3.8, 4) is 0 Å². The molecule has 0 radical (unpaired) electrons. The first-order valence-electron chi connectivity index (χ1n) is 9.31. The summed E-state index contributed by atoms with van der Waals surface area (Å²) in [5, 5.41) is 13.7. The van der Waals surface area contributed by atoms with Gasteiger partial charge in [-0.1, -0.05) is 23.7 Å². The van der Waals surface area contributed by atoms with Gasteiger partial charge in [0.1, 0.15) is 5.82 Å². The number of rotatable bonds is 6. The molecule has 3 rings (SSSR count). The van der Waals surface area contributed by atoms with Crippen LogP contribution in [-0.2, 0) is 11.3 Å². The predicted molar refractivity (Wildman–Crippen MR) is 109 cm³/mol. The molecule has 1 aliphatic heterocycles. The van der Waals surface area contributed by atoms with E-state index in [1.165, 1.54) is 24.3 Å². The Hall–Kier alpha value is -3.04. The molecular weight excluding hydrogens is 415 g/mol. The summed E-state index contributed by atoms with van der Waals surface area (Å²) >= 11 is 6.07. The molecule has 0 spiro atoms. The smallest absolute Gasteiger partial charge is 0.270 e. The number of carbonyl (C=O) groups excluding carboxylic acids is 2. The number of hydrogen-bond donors (Lipinski definition) is 1. The lowest BCUT2D eigenvalue weighted by Crippen LogP contribution is -2.50. The summed E-state index contributed by atoms with van der Waals surface area (Å²) in [6.45, 7) is 2.14. The molecule has 2 amide bonds. The van der Waals surface area contributed by atoms with Gasteiger partial charge in [-0.15, -0.1) is 0 Å². The topological polar surface area (TPSA) is 95.8 Å². The molecule has 0 saturated carbocycles. The zero-order valence-electron chi connectivity index (χ0n) is 16.0. The van der Waals surface area contributed by atoms with Gasteiger partial charge in [-0.05, 0) is 18.2 Å². The zero-order valence-corrected chi connectivity index (χ0v) is 16.8. The molecule has 8 nitrogen and oxygen atoms in total. The van der Waals surface area contributed by atoms with E-state index < -0.39 is 10.8 Å². The maximum absolute atomic E-state index is 13.9. The second kappa shape index (κ2) is 9.64. The molecule has 0 unspecified atom stereocenters. The van der Waals surface area contributed by atoms with Gasteiger partial charge in [0, 0.05) is 61.0 Å². The maximum atomic E-state index is 13.9. The molecule has 158 valence electrons. The minimum atomic E-state index is -0.587. The number of carbonyl (C=O) groups is 2. The van der Waals surface area contributed by atoms with Crippen molar-refractivity contribution in [3.05, 3.63) is 74.5 Å². The van der Waals surface area contributed by atoms with Crippen LogP contribution in [0.15, 0.2) is 42.5 Å². The van der Waals surface area contributed by atoms with Crippen LogP contribution in [0, 0.1) is 15.9 Å². The van der Waals surface area contributed by atoms with E-state index in [1.807, 2.05) is 4.90 Å². The van der Waals surface area contributed by atoms with E-state index in [0.717, 1.165) is 6.07 Å².